The molecular formula is C21H33F3N2O5. The van der Waals surface area contributed by atoms with Crippen LogP contribution in [0.3, 0.4) is 0 Å². The molecular weight excluding hydrogens is 417 g/mol. The van der Waals surface area contributed by atoms with E-state index in [2.05, 4.69) is 22.0 Å². The molecule has 0 bridgehead atoms. The van der Waals surface area contributed by atoms with Gasteiger partial charge in [-0.1, -0.05) is 12.2 Å². The lowest BCUT2D eigenvalue weighted by atomic mass is 9.76. The van der Waals surface area contributed by atoms with E-state index in [0.29, 0.717) is 17.4 Å². The van der Waals surface area contributed by atoms with Gasteiger partial charge in [-0.05, 0) is 37.5 Å². The number of carboxylic acid groups (broad SMARTS) is 1. The fourth-order valence-corrected chi connectivity index (χ4v) is 4.72. The highest BCUT2D eigenvalue weighted by Gasteiger charge is 2.46. The number of methoxy groups -OCH3 is 2. The van der Waals surface area contributed by atoms with Crippen LogP contribution in [0.1, 0.15) is 32.1 Å². The molecule has 0 aromatic heterocycles. The number of aliphatic carboxylic acids is 1. The number of hydrogen-bond donors (Lipinski definition) is 1. The summed E-state index contributed by atoms with van der Waals surface area (Å²) in [5.74, 6) is -2.17. The number of ether oxygens (including phenoxy) is 2. The second kappa shape index (κ2) is 11.3. The largest absolute Gasteiger partial charge is 0.490 e. The number of nitrogens with zero attached hydrogens (tertiary/aromatic N) is 2. The normalized spacial score (nSPS) is 23.8. The predicted octanol–water partition coefficient (Wildman–Crippen LogP) is 2.56. The summed E-state index contributed by atoms with van der Waals surface area (Å²) in [5, 5.41) is 7.12. The van der Waals surface area contributed by atoms with Gasteiger partial charge in [-0.15, -0.1) is 0 Å². The Labute approximate surface area is 181 Å². The van der Waals surface area contributed by atoms with Gasteiger partial charge in [0.05, 0.1) is 13.2 Å². The third kappa shape index (κ3) is 7.18. The third-order valence-electron chi connectivity index (χ3n) is 6.40. The molecule has 0 aromatic carbocycles. The van der Waals surface area contributed by atoms with Gasteiger partial charge in [0.15, 0.2) is 0 Å². The minimum Gasteiger partial charge on any atom is -0.475 e. The zero-order valence-corrected chi connectivity index (χ0v) is 18.2. The predicted molar refractivity (Wildman–Crippen MR) is 108 cm³/mol. The summed E-state index contributed by atoms with van der Waals surface area (Å²) in [6.45, 7) is 5.51. The Hall–Kier alpha value is -1.65. The monoisotopic (exact) mass is 450 g/mol. The van der Waals surface area contributed by atoms with Gasteiger partial charge in [-0.3, -0.25) is 9.69 Å². The van der Waals surface area contributed by atoms with E-state index in [-0.39, 0.29) is 5.92 Å². The number of carbonyl (C=O) groups is 2. The molecule has 2 heterocycles. The van der Waals surface area contributed by atoms with Crippen molar-refractivity contribution in [2.24, 2.45) is 11.3 Å². The van der Waals surface area contributed by atoms with Crippen molar-refractivity contribution in [3.05, 3.63) is 12.2 Å². The van der Waals surface area contributed by atoms with E-state index < -0.39 is 12.1 Å². The van der Waals surface area contributed by atoms with Crippen molar-refractivity contribution in [1.29, 1.82) is 0 Å². The van der Waals surface area contributed by atoms with E-state index in [1.54, 1.807) is 14.2 Å². The molecule has 7 nitrogen and oxygen atoms in total. The summed E-state index contributed by atoms with van der Waals surface area (Å²) in [6, 6.07) is 0.492. The van der Waals surface area contributed by atoms with E-state index in [1.807, 2.05) is 0 Å². The molecule has 1 atom stereocenters. The lowest BCUT2D eigenvalue weighted by Gasteiger charge is -2.40. The van der Waals surface area contributed by atoms with Crippen molar-refractivity contribution < 1.29 is 37.3 Å². The molecule has 3 rings (SSSR count). The molecule has 2 aliphatic heterocycles. The summed E-state index contributed by atoms with van der Waals surface area (Å²) in [7, 11) is 3.55. The van der Waals surface area contributed by atoms with Gasteiger partial charge in [0, 0.05) is 52.4 Å². The van der Waals surface area contributed by atoms with E-state index in [9.17, 15) is 18.0 Å². The fraction of sp³-hybridized carbons (Fsp3) is 0.810. The topological polar surface area (TPSA) is 79.3 Å². The Morgan fingerprint density at radius 3 is 2.19 bits per heavy atom. The van der Waals surface area contributed by atoms with Crippen LogP contribution in [-0.2, 0) is 19.1 Å². The molecule has 1 aliphatic carbocycles. The molecule has 0 saturated carbocycles. The average molecular weight is 450 g/mol. The smallest absolute Gasteiger partial charge is 0.475 e. The van der Waals surface area contributed by atoms with E-state index >= 15 is 0 Å². The number of alkyl halides is 3. The molecule has 0 radical (unpaired) electrons. The lowest BCUT2D eigenvalue weighted by molar-refractivity contribution is -0.192. The second-order valence-electron chi connectivity index (χ2n) is 8.54. The standard InChI is InChI=1S/C19H32N2O3.C2HF3O2/c1-23-12-11-21-15-19(13-17(21)14-24-2)7-9-20(10-8-19)18(22)16-5-3-4-6-16;3-2(4,5)1(6)7/h3-4,16-17H,5-15H2,1-2H3;(H,6,7). The van der Waals surface area contributed by atoms with Crippen molar-refractivity contribution in [1.82, 2.24) is 9.80 Å². The Balaban J connectivity index is 0.000000423. The van der Waals surface area contributed by atoms with Gasteiger partial charge >= 0.3 is 12.1 Å². The number of hydrogen-bond acceptors (Lipinski definition) is 5. The number of rotatable bonds is 6. The molecule has 2 fully saturated rings. The zero-order chi connectivity index (χ0) is 23.1. The maximum atomic E-state index is 12.6. The Morgan fingerprint density at radius 2 is 1.71 bits per heavy atom. The van der Waals surface area contributed by atoms with Gasteiger partial charge in [0.2, 0.25) is 5.91 Å². The number of carboxylic acids is 1. The van der Waals surface area contributed by atoms with Gasteiger partial charge in [0.25, 0.3) is 0 Å². The first-order valence-corrected chi connectivity index (χ1v) is 10.6. The van der Waals surface area contributed by atoms with E-state index in [0.717, 1.165) is 65.1 Å². The number of piperidine rings is 1. The fourth-order valence-electron chi connectivity index (χ4n) is 4.72. The van der Waals surface area contributed by atoms with Crippen molar-refractivity contribution in [2.75, 3.05) is 53.6 Å². The lowest BCUT2D eigenvalue weighted by Crippen LogP contribution is -2.46. The van der Waals surface area contributed by atoms with E-state index in [1.165, 1.54) is 6.42 Å². The number of amides is 1. The highest BCUT2D eigenvalue weighted by molar-refractivity contribution is 5.79. The van der Waals surface area contributed by atoms with Crippen LogP contribution in [0.2, 0.25) is 0 Å². The molecule has 178 valence electrons. The zero-order valence-electron chi connectivity index (χ0n) is 18.2. The molecule has 2 saturated heterocycles. The quantitative estimate of drug-likeness (QED) is 0.627. The van der Waals surface area contributed by atoms with Crippen LogP contribution >= 0.6 is 0 Å². The molecule has 1 N–H and O–H groups in total. The summed E-state index contributed by atoms with van der Waals surface area (Å²) in [4.78, 5) is 26.2. The SMILES string of the molecule is COCCN1CC2(CCN(C(=O)C3CC=CC3)CC2)CC1COC.O=C(O)C(F)(F)F. The van der Waals surface area contributed by atoms with Crippen LogP contribution < -0.4 is 0 Å². The van der Waals surface area contributed by atoms with Gasteiger partial charge in [0.1, 0.15) is 0 Å². The van der Waals surface area contributed by atoms with Gasteiger partial charge < -0.3 is 19.5 Å². The first-order chi connectivity index (χ1) is 14.6. The number of likely N-dealkylation sites (tertiary alicyclic amines) is 2. The minimum atomic E-state index is -5.08. The van der Waals surface area contributed by atoms with Gasteiger partial charge in [-0.2, -0.15) is 13.2 Å². The van der Waals surface area contributed by atoms with E-state index in [4.69, 9.17) is 19.4 Å². The molecule has 31 heavy (non-hydrogen) atoms. The van der Waals surface area contributed by atoms with Crippen molar-refractivity contribution in [3.63, 3.8) is 0 Å². The maximum Gasteiger partial charge on any atom is 0.490 e. The van der Waals surface area contributed by atoms with Gasteiger partial charge in [-0.25, -0.2) is 4.79 Å². The number of halogens is 3. The Kier molecular flexibility index (Phi) is 9.32. The second-order valence-corrected chi connectivity index (χ2v) is 8.54. The molecule has 10 heteroatoms. The molecule has 1 unspecified atom stereocenters. The van der Waals surface area contributed by atoms with Crippen LogP contribution in [-0.4, -0.2) is 92.6 Å². The van der Waals surface area contributed by atoms with Crippen LogP contribution in [0.5, 0.6) is 0 Å². The van der Waals surface area contributed by atoms with Crippen molar-refractivity contribution in [3.8, 4) is 0 Å². The molecule has 0 aromatic rings. The summed E-state index contributed by atoms with van der Waals surface area (Å²) in [5.41, 5.74) is 0.363. The minimum absolute atomic E-state index is 0.210. The first kappa shape index (κ1) is 25.6. The highest BCUT2D eigenvalue weighted by atomic mass is 19.4. The first-order valence-electron chi connectivity index (χ1n) is 10.6. The molecule has 1 amide bonds. The Morgan fingerprint density at radius 1 is 1.13 bits per heavy atom. The number of allylic oxidation sites excluding steroid dienone is 2. The third-order valence-corrected chi connectivity index (χ3v) is 6.40. The number of carbonyl (C=O) groups excluding carboxylic acids is 1. The van der Waals surface area contributed by atoms with Crippen LogP contribution in [0.25, 0.3) is 0 Å². The maximum absolute atomic E-state index is 12.6. The molecule has 3 aliphatic rings. The van der Waals surface area contributed by atoms with Crippen LogP contribution in [0.15, 0.2) is 12.2 Å². The average Bonchev–Trinajstić information content (AvgIpc) is 3.36. The van der Waals surface area contributed by atoms with Crippen LogP contribution in [0, 0.1) is 11.3 Å². The summed E-state index contributed by atoms with van der Waals surface area (Å²) >= 11 is 0. The molecule has 1 spiro atoms. The summed E-state index contributed by atoms with van der Waals surface area (Å²) in [6.07, 6.45) is 4.52. The van der Waals surface area contributed by atoms with Crippen molar-refractivity contribution >= 4 is 11.9 Å². The van der Waals surface area contributed by atoms with Crippen molar-refractivity contribution in [2.45, 2.75) is 44.3 Å². The Bertz CT molecular complexity index is 625. The summed E-state index contributed by atoms with van der Waals surface area (Å²) < 4.78 is 42.4. The highest BCUT2D eigenvalue weighted by Crippen LogP contribution is 2.43. The van der Waals surface area contributed by atoms with Crippen LogP contribution in [0.4, 0.5) is 13.2 Å².